The van der Waals surface area contributed by atoms with Gasteiger partial charge in [0.05, 0.1) is 37.7 Å². The van der Waals surface area contributed by atoms with Crippen molar-refractivity contribution in [1.82, 2.24) is 41.0 Å². The molecule has 0 bridgehead atoms. The van der Waals surface area contributed by atoms with E-state index in [4.69, 9.17) is 14.2 Å². The Morgan fingerprint density at radius 1 is 0.879 bits per heavy atom. The molecule has 5 N–H and O–H groups in total. The molecule has 5 saturated heterocycles. The molecule has 9 atom stereocenters. The number of amides is 8. The Hall–Kier alpha value is -8.85. The predicted molar refractivity (Wildman–Crippen MR) is 333 cm³/mol. The van der Waals surface area contributed by atoms with Crippen LogP contribution in [0.15, 0.2) is 91.1 Å². The molecule has 0 aliphatic carbocycles. The lowest BCUT2D eigenvalue weighted by Crippen LogP contribution is -2.65. The summed E-state index contributed by atoms with van der Waals surface area (Å²) in [5.74, 6) is -8.43. The lowest BCUT2D eigenvalue weighted by Gasteiger charge is -2.42. The fraction of sp³-hybridized carbons (Fsp3) is 0.484. The average Bonchev–Trinajstić information content (AvgIpc) is 1.76. The molecule has 1 unspecified atom stereocenters. The molecular formula is C64H78FN11O14S. The molecule has 27 heteroatoms. The topological polar surface area (TPSA) is 299 Å². The number of rotatable bonds is 16. The summed E-state index contributed by atoms with van der Waals surface area (Å²) in [5, 5.41) is 21.4. The number of esters is 1. The molecule has 1 aromatic heterocycles. The first-order chi connectivity index (χ1) is 43.5. The number of piperidine rings is 1. The van der Waals surface area contributed by atoms with Crippen LogP contribution in [-0.4, -0.2) is 211 Å². The van der Waals surface area contributed by atoms with Gasteiger partial charge in [-0.1, -0.05) is 49.4 Å². The normalized spacial score (nSPS) is 25.5. The van der Waals surface area contributed by atoms with E-state index >= 15 is 23.6 Å². The van der Waals surface area contributed by atoms with Gasteiger partial charge in [0.1, 0.15) is 59.3 Å². The second-order valence-corrected chi connectivity index (χ2v) is 24.9. The number of fused-ring (bicyclic) bond motifs is 2. The Morgan fingerprint density at radius 3 is 2.31 bits per heavy atom. The number of hydrogen-bond acceptors (Lipinski definition) is 18. The minimum absolute atomic E-state index is 0.0156. The molecule has 0 saturated carbocycles. The van der Waals surface area contributed by atoms with Crippen LogP contribution >= 0.6 is 11.8 Å². The van der Waals surface area contributed by atoms with E-state index in [0.29, 0.717) is 49.7 Å². The maximum Gasteiger partial charge on any atom is 0.414 e. The third-order valence-corrected chi connectivity index (χ3v) is 18.5. The summed E-state index contributed by atoms with van der Waals surface area (Å²) in [6, 6.07) is 14.9. The van der Waals surface area contributed by atoms with Gasteiger partial charge in [0.15, 0.2) is 11.7 Å². The number of aromatic hydroxyl groups is 1. The first-order valence-corrected chi connectivity index (χ1v) is 31.7. The molecule has 9 rings (SSSR count). The number of nitrogens with zero attached hydrogens (tertiary/aromatic N) is 7. The number of nitrogens with one attached hydrogen (secondary N) is 4. The van der Waals surface area contributed by atoms with E-state index in [1.807, 2.05) is 48.2 Å². The van der Waals surface area contributed by atoms with Gasteiger partial charge in [-0.25, -0.2) is 19.0 Å². The van der Waals surface area contributed by atoms with Crippen LogP contribution in [0, 0.1) is 11.7 Å². The zero-order chi connectivity index (χ0) is 65.3. The number of halogens is 1. The Labute approximate surface area is 531 Å². The van der Waals surface area contributed by atoms with Crippen LogP contribution in [0.1, 0.15) is 80.5 Å². The number of Topliss-reactive ketones (excluding diaryl/α,β-unsaturated/α-hetero) is 1. The number of ketones is 1. The van der Waals surface area contributed by atoms with Gasteiger partial charge in [0.25, 0.3) is 5.91 Å². The molecule has 91 heavy (non-hydrogen) atoms. The SMILES string of the molecule is CC[C@]1(C)NC(=O)[C@@H](NC(=O)c2ncccc2O)[C@@H](C)OC(=O)[C@H](c2ccccc2)NC(=O)[C@@H]2CC(=O)C(CSCCC(=O)NC[C@H]3CN(c4ccc(N5CCOCC5)c(F)c4)C(=O)O3)CN2C(=O)[C@H](Cc2ccc(N(C)C)cc2)N(C)C(=O)[C@@H]2CCCN2C1=O. The number of hydrogen-bond donors (Lipinski definition) is 5. The zero-order valence-electron chi connectivity index (χ0n) is 51.8. The smallest absolute Gasteiger partial charge is 0.414 e. The fourth-order valence-corrected chi connectivity index (χ4v) is 12.9. The molecule has 486 valence electrons. The van der Waals surface area contributed by atoms with Crippen molar-refractivity contribution in [3.05, 3.63) is 114 Å². The van der Waals surface area contributed by atoms with Crippen molar-refractivity contribution in [3.8, 4) is 5.75 Å². The van der Waals surface area contributed by atoms with E-state index in [0.717, 1.165) is 5.69 Å². The van der Waals surface area contributed by atoms with Crippen LogP contribution in [0.2, 0.25) is 0 Å². The summed E-state index contributed by atoms with van der Waals surface area (Å²) in [6.07, 6.45) is -1.84. The van der Waals surface area contributed by atoms with Gasteiger partial charge >= 0.3 is 12.1 Å². The lowest BCUT2D eigenvalue weighted by molar-refractivity contribution is -0.157. The van der Waals surface area contributed by atoms with Crippen LogP contribution in [0.4, 0.5) is 26.2 Å². The number of anilines is 3. The molecule has 25 nitrogen and oxygen atoms in total. The minimum atomic E-state index is -1.77. The molecular weight excluding hydrogens is 1200 g/mol. The van der Waals surface area contributed by atoms with Crippen molar-refractivity contribution in [2.45, 2.75) is 107 Å². The van der Waals surface area contributed by atoms with Crippen molar-refractivity contribution >= 4 is 88.0 Å². The highest BCUT2D eigenvalue weighted by Crippen LogP contribution is 2.32. The highest BCUT2D eigenvalue weighted by Gasteiger charge is 2.49. The molecule has 5 aliphatic rings. The Bertz CT molecular complexity index is 3380. The Morgan fingerprint density at radius 2 is 1.62 bits per heavy atom. The van der Waals surface area contributed by atoms with Gasteiger partial charge in [0.2, 0.25) is 35.4 Å². The summed E-state index contributed by atoms with van der Waals surface area (Å²) < 4.78 is 32.2. The number of carbonyl (C=O) groups is 10. The van der Waals surface area contributed by atoms with Crippen molar-refractivity contribution < 1.29 is 71.7 Å². The van der Waals surface area contributed by atoms with Gasteiger partial charge in [-0.3, -0.25) is 43.3 Å². The van der Waals surface area contributed by atoms with E-state index in [2.05, 4.69) is 26.3 Å². The van der Waals surface area contributed by atoms with Crippen molar-refractivity contribution in [3.63, 3.8) is 0 Å². The maximum absolute atomic E-state index is 15.9. The summed E-state index contributed by atoms with van der Waals surface area (Å²) in [4.78, 5) is 158. The third-order valence-electron chi connectivity index (χ3n) is 17.4. The molecule has 3 aromatic carbocycles. The molecule has 8 amide bonds. The van der Waals surface area contributed by atoms with E-state index in [9.17, 15) is 33.9 Å². The first-order valence-electron chi connectivity index (χ1n) is 30.5. The lowest BCUT2D eigenvalue weighted by atomic mass is 9.90. The van der Waals surface area contributed by atoms with Crippen molar-refractivity contribution in [1.29, 1.82) is 0 Å². The number of pyridine rings is 1. The van der Waals surface area contributed by atoms with Crippen LogP contribution in [-0.2, 0) is 59.0 Å². The Kier molecular flexibility index (Phi) is 21.5. The number of ether oxygens (including phenoxy) is 3. The standard InChI is InChI=1S/C64H78FN11O14S/c1-7-64(3)62(86)74-25-12-15-47(74)59(83)72(6)49(31-39-17-19-42(20-18-39)71(4)5)60(84)76-35-41(37-91-30-23-52(79)67-34-44-36-75(63(87)90-44)43-21-22-46(45(65)32-43)73-26-28-88-29-27-73)51(78)33-48(76)56(80)69-54(40-13-9-8-10-14-40)61(85)89-38(2)53(58(82)70-64)68-57(81)55-50(77)16-11-24-66-55/h8-11,13-14,16-22,24,32,38,41,44,47-49,53-54,77H,7,12,15,23,25-31,33-37H2,1-6H3,(H,67,79)(H,68,81)(H,69,80)(H,70,82)/t38-,41?,44+,47+,48+,49+,53+,54+,64+/m1/s1. The predicted octanol–water partition coefficient (Wildman–Crippen LogP) is 3.13. The monoisotopic (exact) mass is 1280 g/mol. The fourth-order valence-electron chi connectivity index (χ4n) is 11.8. The Balaban J connectivity index is 0.974. The molecule has 5 fully saturated rings. The number of thioether (sulfide) groups is 1. The van der Waals surface area contributed by atoms with Gasteiger partial charge in [-0.2, -0.15) is 11.8 Å². The van der Waals surface area contributed by atoms with Gasteiger partial charge in [-0.05, 0) is 86.7 Å². The number of benzene rings is 3. The molecule has 5 aliphatic heterocycles. The molecule has 4 aromatic rings. The molecule has 0 spiro atoms. The molecule has 0 radical (unpaired) electrons. The highest BCUT2D eigenvalue weighted by atomic mass is 32.2. The van der Waals surface area contributed by atoms with Gasteiger partial charge in [-0.15, -0.1) is 0 Å². The number of carbonyl (C=O) groups excluding carboxylic acids is 10. The quantitative estimate of drug-likeness (QED) is 0.0795. The summed E-state index contributed by atoms with van der Waals surface area (Å²) in [7, 11) is 5.18. The first kappa shape index (κ1) is 66.6. The summed E-state index contributed by atoms with van der Waals surface area (Å²) in [6.45, 7) is 6.24. The van der Waals surface area contributed by atoms with E-state index in [-0.39, 0.29) is 74.8 Å². The largest absolute Gasteiger partial charge is 0.505 e. The number of morpholine rings is 1. The third kappa shape index (κ3) is 15.5. The van der Waals surface area contributed by atoms with E-state index in [1.165, 1.54) is 88.8 Å². The average molecular weight is 1280 g/mol. The van der Waals surface area contributed by atoms with Crippen molar-refractivity contribution in [2.24, 2.45) is 5.92 Å². The second kappa shape index (κ2) is 29.4. The van der Waals surface area contributed by atoms with Crippen molar-refractivity contribution in [2.75, 3.05) is 99.8 Å². The van der Waals surface area contributed by atoms with Crippen LogP contribution in [0.3, 0.4) is 0 Å². The van der Waals surface area contributed by atoms with Crippen LogP contribution in [0.25, 0.3) is 0 Å². The van der Waals surface area contributed by atoms with E-state index in [1.54, 1.807) is 37.3 Å². The highest BCUT2D eigenvalue weighted by molar-refractivity contribution is 7.99. The van der Waals surface area contributed by atoms with Crippen LogP contribution in [0.5, 0.6) is 5.75 Å². The summed E-state index contributed by atoms with van der Waals surface area (Å²) >= 11 is 1.26. The summed E-state index contributed by atoms with van der Waals surface area (Å²) in [5.41, 5.74) is 0.183. The number of likely N-dealkylation sites (N-methyl/N-ethyl adjacent to an activating group) is 1. The van der Waals surface area contributed by atoms with E-state index < -0.39 is 131 Å². The van der Waals surface area contributed by atoms with Gasteiger partial charge in [0, 0.05) is 95.9 Å². The second-order valence-electron chi connectivity index (χ2n) is 23.7. The zero-order valence-corrected chi connectivity index (χ0v) is 52.6. The maximum atomic E-state index is 15.9. The molecule has 6 heterocycles. The number of aromatic nitrogens is 1. The van der Waals surface area contributed by atoms with Gasteiger partial charge < -0.3 is 65.1 Å². The number of cyclic esters (lactones) is 2. The van der Waals surface area contributed by atoms with Crippen LogP contribution < -0.4 is 36.0 Å². The minimum Gasteiger partial charge on any atom is -0.505 e.